The third-order valence-electron chi connectivity index (χ3n) is 7.05. The lowest BCUT2D eigenvalue weighted by molar-refractivity contribution is -0.140. The number of carbonyl (C=O) groups is 1. The predicted molar refractivity (Wildman–Crippen MR) is 102 cm³/mol. The summed E-state index contributed by atoms with van der Waals surface area (Å²) in [7, 11) is 0. The van der Waals surface area contributed by atoms with E-state index in [0.29, 0.717) is 12.3 Å². The first kappa shape index (κ1) is 17.0. The highest BCUT2D eigenvalue weighted by atomic mass is 16.4. The van der Waals surface area contributed by atoms with Gasteiger partial charge in [0.05, 0.1) is 11.8 Å². The second kappa shape index (κ2) is 6.18. The molecule has 0 spiro atoms. The van der Waals surface area contributed by atoms with Crippen molar-refractivity contribution in [3.8, 4) is 0 Å². The Bertz CT molecular complexity index is 850. The highest BCUT2D eigenvalue weighted by Crippen LogP contribution is 2.60. The molecule has 0 atom stereocenters. The molecule has 4 fully saturated rings. The number of carbonyl (C=O) groups excluding carboxylic acids is 1. The van der Waals surface area contributed by atoms with Crippen LogP contribution in [-0.2, 0) is 11.2 Å². The van der Waals surface area contributed by atoms with Crippen molar-refractivity contribution in [2.75, 3.05) is 5.32 Å². The van der Waals surface area contributed by atoms with Gasteiger partial charge < -0.3 is 4.42 Å². The fourth-order valence-corrected chi connectivity index (χ4v) is 6.20. The smallest absolute Gasteiger partial charge is 0.322 e. The molecule has 0 aliphatic heterocycles. The van der Waals surface area contributed by atoms with Gasteiger partial charge in [0.15, 0.2) is 0 Å². The van der Waals surface area contributed by atoms with Gasteiger partial charge in [-0.05, 0) is 81.3 Å². The van der Waals surface area contributed by atoms with Crippen molar-refractivity contribution in [1.82, 2.24) is 10.2 Å². The summed E-state index contributed by atoms with van der Waals surface area (Å²) in [4.78, 5) is 13.1. The van der Waals surface area contributed by atoms with Crippen molar-refractivity contribution in [1.29, 1.82) is 0 Å². The standard InChI is InChI=1S/C22H27N3O2/c1-13-3-4-18(14(2)5-13)9-19-24-25-21(27-19)23-20(26)22-10-15-6-16(11-22)8-17(7-15)12-22/h3-5,15-17H,6-12H2,1-2H3,(H,23,25,26). The molecule has 5 heteroatoms. The lowest BCUT2D eigenvalue weighted by atomic mass is 9.49. The van der Waals surface area contributed by atoms with Gasteiger partial charge in [0.2, 0.25) is 11.8 Å². The van der Waals surface area contributed by atoms with Crippen LogP contribution >= 0.6 is 0 Å². The Morgan fingerprint density at radius 1 is 1.11 bits per heavy atom. The molecule has 4 aliphatic carbocycles. The minimum Gasteiger partial charge on any atom is -0.407 e. The average Bonchev–Trinajstić information content (AvgIpc) is 3.03. The van der Waals surface area contributed by atoms with Crippen LogP contribution in [0.4, 0.5) is 6.01 Å². The molecule has 142 valence electrons. The third kappa shape index (κ3) is 3.07. The normalized spacial score (nSPS) is 31.3. The van der Waals surface area contributed by atoms with Gasteiger partial charge in [0.1, 0.15) is 0 Å². The van der Waals surface area contributed by atoms with E-state index >= 15 is 0 Å². The molecule has 1 N–H and O–H groups in total. The SMILES string of the molecule is Cc1ccc(Cc2nnc(NC(=O)C34CC5CC(CC(C5)C3)C4)o2)c(C)c1. The molecular formula is C22H27N3O2. The lowest BCUT2D eigenvalue weighted by Crippen LogP contribution is -2.51. The van der Waals surface area contributed by atoms with Crippen LogP contribution in [0.25, 0.3) is 0 Å². The Morgan fingerprint density at radius 2 is 1.78 bits per heavy atom. The topological polar surface area (TPSA) is 68.0 Å². The Labute approximate surface area is 159 Å². The van der Waals surface area contributed by atoms with Gasteiger partial charge in [0, 0.05) is 0 Å². The molecule has 5 nitrogen and oxygen atoms in total. The van der Waals surface area contributed by atoms with Gasteiger partial charge in [-0.25, -0.2) is 0 Å². The predicted octanol–water partition coefficient (Wildman–Crippen LogP) is 4.43. The monoisotopic (exact) mass is 365 g/mol. The summed E-state index contributed by atoms with van der Waals surface area (Å²) in [6.07, 6.45) is 7.68. The van der Waals surface area contributed by atoms with Crippen LogP contribution < -0.4 is 5.32 Å². The fourth-order valence-electron chi connectivity index (χ4n) is 6.20. The number of hydrogen-bond acceptors (Lipinski definition) is 4. The highest BCUT2D eigenvalue weighted by molar-refractivity contribution is 5.94. The third-order valence-corrected chi connectivity index (χ3v) is 7.05. The Hall–Kier alpha value is -2.17. The van der Waals surface area contributed by atoms with E-state index in [4.69, 9.17) is 4.42 Å². The van der Waals surface area contributed by atoms with Gasteiger partial charge in [0.25, 0.3) is 0 Å². The van der Waals surface area contributed by atoms with Crippen molar-refractivity contribution >= 4 is 11.9 Å². The summed E-state index contributed by atoms with van der Waals surface area (Å²) >= 11 is 0. The maximum absolute atomic E-state index is 13.1. The molecule has 1 heterocycles. The number of nitrogens with one attached hydrogen (secondary N) is 1. The molecule has 0 saturated heterocycles. The van der Waals surface area contributed by atoms with Crippen LogP contribution in [-0.4, -0.2) is 16.1 Å². The van der Waals surface area contributed by atoms with E-state index < -0.39 is 0 Å². The number of benzene rings is 1. The zero-order valence-corrected chi connectivity index (χ0v) is 16.1. The second-order valence-electron chi connectivity index (χ2n) is 9.26. The summed E-state index contributed by atoms with van der Waals surface area (Å²) in [6, 6.07) is 6.59. The molecule has 1 amide bonds. The van der Waals surface area contributed by atoms with E-state index in [9.17, 15) is 4.79 Å². The van der Waals surface area contributed by atoms with Gasteiger partial charge in [-0.15, -0.1) is 5.10 Å². The number of nitrogens with zero attached hydrogens (tertiary/aromatic N) is 2. The molecule has 0 radical (unpaired) electrons. The maximum Gasteiger partial charge on any atom is 0.322 e. The van der Waals surface area contributed by atoms with Gasteiger partial charge in [-0.3, -0.25) is 10.1 Å². The largest absolute Gasteiger partial charge is 0.407 e. The molecule has 1 aromatic carbocycles. The van der Waals surface area contributed by atoms with Crippen molar-refractivity contribution in [3.63, 3.8) is 0 Å². The molecule has 6 rings (SSSR count). The molecule has 4 aliphatic rings. The van der Waals surface area contributed by atoms with Gasteiger partial charge >= 0.3 is 6.01 Å². The minimum atomic E-state index is -0.197. The van der Waals surface area contributed by atoms with Crippen LogP contribution in [0.2, 0.25) is 0 Å². The second-order valence-corrected chi connectivity index (χ2v) is 9.26. The number of hydrogen-bond donors (Lipinski definition) is 1. The van der Waals surface area contributed by atoms with E-state index in [0.717, 1.165) is 37.0 Å². The zero-order chi connectivity index (χ0) is 18.6. The van der Waals surface area contributed by atoms with E-state index in [2.05, 4.69) is 47.6 Å². The molecule has 4 saturated carbocycles. The molecule has 2 aromatic rings. The minimum absolute atomic E-state index is 0.100. The number of rotatable bonds is 4. The molecular weight excluding hydrogens is 338 g/mol. The quantitative estimate of drug-likeness (QED) is 0.870. The average molecular weight is 365 g/mol. The van der Waals surface area contributed by atoms with Crippen LogP contribution in [0.1, 0.15) is 61.1 Å². The first-order chi connectivity index (χ1) is 13.0. The van der Waals surface area contributed by atoms with Crippen molar-refractivity contribution in [3.05, 3.63) is 40.8 Å². The van der Waals surface area contributed by atoms with E-state index in [1.165, 1.54) is 36.0 Å². The maximum atomic E-state index is 13.1. The first-order valence-electron chi connectivity index (χ1n) is 10.2. The van der Waals surface area contributed by atoms with Crippen LogP contribution in [0, 0.1) is 37.0 Å². The Kier molecular flexibility index (Phi) is 3.88. The van der Waals surface area contributed by atoms with Gasteiger partial charge in [-0.2, -0.15) is 0 Å². The van der Waals surface area contributed by atoms with E-state index in [1.54, 1.807) is 0 Å². The van der Waals surface area contributed by atoms with Crippen LogP contribution in [0.5, 0.6) is 0 Å². The highest BCUT2D eigenvalue weighted by Gasteiger charge is 2.54. The Balaban J connectivity index is 1.29. The fraction of sp³-hybridized carbons (Fsp3) is 0.591. The summed E-state index contributed by atoms with van der Waals surface area (Å²) < 4.78 is 5.75. The number of aromatic nitrogens is 2. The molecule has 27 heavy (non-hydrogen) atoms. The number of amides is 1. The summed E-state index contributed by atoms with van der Waals surface area (Å²) in [5.74, 6) is 2.87. The Morgan fingerprint density at radius 3 is 2.41 bits per heavy atom. The number of aryl methyl sites for hydroxylation is 2. The number of anilines is 1. The van der Waals surface area contributed by atoms with Crippen molar-refractivity contribution in [2.24, 2.45) is 23.2 Å². The van der Waals surface area contributed by atoms with Crippen LogP contribution in [0.3, 0.4) is 0 Å². The lowest BCUT2D eigenvalue weighted by Gasteiger charge is -2.55. The van der Waals surface area contributed by atoms with Crippen molar-refractivity contribution in [2.45, 2.75) is 58.8 Å². The van der Waals surface area contributed by atoms with Gasteiger partial charge in [-0.1, -0.05) is 28.9 Å². The molecule has 1 aromatic heterocycles. The summed E-state index contributed by atoms with van der Waals surface area (Å²) in [6.45, 7) is 4.18. The first-order valence-corrected chi connectivity index (χ1v) is 10.2. The van der Waals surface area contributed by atoms with E-state index in [1.807, 2.05) is 0 Å². The van der Waals surface area contributed by atoms with Crippen molar-refractivity contribution < 1.29 is 9.21 Å². The summed E-state index contributed by atoms with van der Waals surface area (Å²) in [5, 5.41) is 11.2. The van der Waals surface area contributed by atoms with E-state index in [-0.39, 0.29) is 17.3 Å². The molecule has 0 unspecified atom stereocenters. The molecule has 4 bridgehead atoms. The zero-order valence-electron chi connectivity index (χ0n) is 16.1. The summed E-state index contributed by atoms with van der Waals surface area (Å²) in [5.41, 5.74) is 3.43. The van der Waals surface area contributed by atoms with Crippen LogP contribution in [0.15, 0.2) is 22.6 Å².